The van der Waals surface area contributed by atoms with E-state index < -0.39 is 11.9 Å². The molecule has 2 heterocycles. The van der Waals surface area contributed by atoms with Crippen LogP contribution in [-0.2, 0) is 4.79 Å². The van der Waals surface area contributed by atoms with Gasteiger partial charge in [0.25, 0.3) is 0 Å². The molecule has 0 radical (unpaired) electrons. The maximum Gasteiger partial charge on any atom is 0.244 e. The molecule has 1 aromatic heterocycles. The summed E-state index contributed by atoms with van der Waals surface area (Å²) in [7, 11) is 3.37. The first-order valence-corrected chi connectivity index (χ1v) is 5.33. The largest absolute Gasteiger partial charge is 0.357 e. The number of nitrogens with one attached hydrogen (secondary N) is 2. The molecule has 92 valence electrons. The number of aromatic nitrogens is 2. The number of halogens is 1. The molecule has 1 aromatic rings. The third-order valence-electron chi connectivity index (χ3n) is 2.71. The van der Waals surface area contributed by atoms with E-state index in [9.17, 15) is 9.18 Å². The molecule has 17 heavy (non-hydrogen) atoms. The lowest BCUT2D eigenvalue weighted by Crippen LogP contribution is -2.31. The molecular formula is C10H14FN5O. The third kappa shape index (κ3) is 2.27. The second-order valence-corrected chi connectivity index (χ2v) is 3.89. The van der Waals surface area contributed by atoms with E-state index in [0.29, 0.717) is 18.9 Å². The average Bonchev–Trinajstić information content (AvgIpc) is 2.64. The summed E-state index contributed by atoms with van der Waals surface area (Å²) in [4.78, 5) is 20.9. The SMILES string of the molecule is CNc1ncc(F)c(NC2CCN(C)C2=O)n1. The molecule has 2 N–H and O–H groups in total. The fourth-order valence-electron chi connectivity index (χ4n) is 1.71. The predicted molar refractivity (Wildman–Crippen MR) is 61.2 cm³/mol. The number of anilines is 2. The highest BCUT2D eigenvalue weighted by Crippen LogP contribution is 2.17. The number of hydrogen-bond donors (Lipinski definition) is 2. The Morgan fingerprint density at radius 3 is 2.94 bits per heavy atom. The lowest BCUT2D eigenvalue weighted by Gasteiger charge is -2.13. The van der Waals surface area contributed by atoms with Gasteiger partial charge in [-0.25, -0.2) is 9.37 Å². The quantitative estimate of drug-likeness (QED) is 0.794. The van der Waals surface area contributed by atoms with E-state index >= 15 is 0 Å². The van der Waals surface area contributed by atoms with E-state index in [4.69, 9.17) is 0 Å². The van der Waals surface area contributed by atoms with Crippen molar-refractivity contribution >= 4 is 17.7 Å². The van der Waals surface area contributed by atoms with Crippen molar-refractivity contribution in [2.45, 2.75) is 12.5 Å². The topological polar surface area (TPSA) is 70.2 Å². The van der Waals surface area contributed by atoms with Crippen LogP contribution in [0.1, 0.15) is 6.42 Å². The predicted octanol–water partition coefficient (Wildman–Crippen LogP) is 0.300. The van der Waals surface area contributed by atoms with Gasteiger partial charge in [-0.05, 0) is 6.42 Å². The van der Waals surface area contributed by atoms with E-state index in [-0.39, 0.29) is 11.7 Å². The van der Waals surface area contributed by atoms with Gasteiger partial charge in [-0.3, -0.25) is 4.79 Å². The first-order chi connectivity index (χ1) is 8.11. The number of rotatable bonds is 3. The number of amides is 1. The van der Waals surface area contributed by atoms with Gasteiger partial charge in [-0.1, -0.05) is 0 Å². The number of carbonyl (C=O) groups excluding carboxylic acids is 1. The van der Waals surface area contributed by atoms with Crippen LogP contribution in [0.15, 0.2) is 6.20 Å². The molecule has 0 spiro atoms. The zero-order valence-corrected chi connectivity index (χ0v) is 9.70. The Labute approximate surface area is 98.2 Å². The summed E-state index contributed by atoms with van der Waals surface area (Å²) in [6.07, 6.45) is 1.72. The minimum absolute atomic E-state index is 0.0472. The van der Waals surface area contributed by atoms with Gasteiger partial charge in [0, 0.05) is 20.6 Å². The van der Waals surface area contributed by atoms with Crippen LogP contribution in [-0.4, -0.2) is 47.5 Å². The molecule has 1 aliphatic rings. The highest BCUT2D eigenvalue weighted by Gasteiger charge is 2.29. The molecule has 1 atom stereocenters. The lowest BCUT2D eigenvalue weighted by molar-refractivity contribution is -0.127. The van der Waals surface area contributed by atoms with Crippen LogP contribution in [0, 0.1) is 5.82 Å². The number of carbonyl (C=O) groups is 1. The van der Waals surface area contributed by atoms with Crippen LogP contribution < -0.4 is 10.6 Å². The van der Waals surface area contributed by atoms with Crippen LogP contribution >= 0.6 is 0 Å². The summed E-state index contributed by atoms with van der Waals surface area (Å²) >= 11 is 0. The van der Waals surface area contributed by atoms with Crippen LogP contribution in [0.5, 0.6) is 0 Å². The van der Waals surface area contributed by atoms with Gasteiger partial charge in [-0.2, -0.15) is 4.98 Å². The molecule has 1 unspecified atom stereocenters. The highest BCUT2D eigenvalue weighted by atomic mass is 19.1. The van der Waals surface area contributed by atoms with E-state index in [0.717, 1.165) is 6.20 Å². The fraction of sp³-hybridized carbons (Fsp3) is 0.500. The Bertz CT molecular complexity index is 439. The minimum Gasteiger partial charge on any atom is -0.357 e. The molecule has 2 rings (SSSR count). The molecule has 0 bridgehead atoms. The van der Waals surface area contributed by atoms with Crippen LogP contribution in [0.4, 0.5) is 16.2 Å². The zero-order valence-electron chi connectivity index (χ0n) is 9.70. The summed E-state index contributed by atoms with van der Waals surface area (Å²) in [5.41, 5.74) is 0. The number of likely N-dealkylation sites (tertiary alicyclic amines) is 1. The third-order valence-corrected chi connectivity index (χ3v) is 2.71. The average molecular weight is 239 g/mol. The Hall–Kier alpha value is -1.92. The number of likely N-dealkylation sites (N-methyl/N-ethyl adjacent to an activating group) is 1. The highest BCUT2D eigenvalue weighted by molar-refractivity contribution is 5.86. The monoisotopic (exact) mass is 239 g/mol. The molecule has 1 fully saturated rings. The van der Waals surface area contributed by atoms with Crippen molar-refractivity contribution in [1.29, 1.82) is 0 Å². The van der Waals surface area contributed by atoms with E-state index in [2.05, 4.69) is 20.6 Å². The van der Waals surface area contributed by atoms with Crippen molar-refractivity contribution in [1.82, 2.24) is 14.9 Å². The molecule has 1 amide bonds. The van der Waals surface area contributed by atoms with Crippen molar-refractivity contribution in [2.24, 2.45) is 0 Å². The fourth-order valence-corrected chi connectivity index (χ4v) is 1.71. The van der Waals surface area contributed by atoms with Gasteiger partial charge in [0.05, 0.1) is 6.20 Å². The Morgan fingerprint density at radius 2 is 2.35 bits per heavy atom. The van der Waals surface area contributed by atoms with Crippen LogP contribution in [0.25, 0.3) is 0 Å². The van der Waals surface area contributed by atoms with Crippen LogP contribution in [0.3, 0.4) is 0 Å². The normalized spacial score (nSPS) is 19.6. The standard InChI is InChI=1S/C10H14FN5O/c1-12-10-13-5-6(11)8(15-10)14-7-3-4-16(2)9(7)17/h5,7H,3-4H2,1-2H3,(H2,12,13,14,15). The second-order valence-electron chi connectivity index (χ2n) is 3.89. The molecule has 0 aromatic carbocycles. The Balaban J connectivity index is 2.15. The summed E-state index contributed by atoms with van der Waals surface area (Å²) in [5.74, 6) is -0.244. The molecule has 7 heteroatoms. The Morgan fingerprint density at radius 1 is 1.59 bits per heavy atom. The molecule has 1 aliphatic heterocycles. The van der Waals surface area contributed by atoms with E-state index in [1.54, 1.807) is 19.0 Å². The van der Waals surface area contributed by atoms with Gasteiger partial charge in [0.1, 0.15) is 6.04 Å². The molecule has 0 saturated carbocycles. The van der Waals surface area contributed by atoms with Gasteiger partial charge in [0.2, 0.25) is 11.9 Å². The first-order valence-electron chi connectivity index (χ1n) is 5.33. The smallest absolute Gasteiger partial charge is 0.244 e. The van der Waals surface area contributed by atoms with Gasteiger partial charge in [-0.15, -0.1) is 0 Å². The zero-order chi connectivity index (χ0) is 12.4. The molecule has 0 aliphatic carbocycles. The van der Waals surface area contributed by atoms with Gasteiger partial charge in [0.15, 0.2) is 11.6 Å². The Kier molecular flexibility index (Phi) is 3.08. The lowest BCUT2D eigenvalue weighted by atomic mass is 10.2. The van der Waals surface area contributed by atoms with Crippen molar-refractivity contribution in [3.05, 3.63) is 12.0 Å². The van der Waals surface area contributed by atoms with Crippen molar-refractivity contribution in [2.75, 3.05) is 31.3 Å². The minimum atomic E-state index is -0.564. The molecular weight excluding hydrogens is 225 g/mol. The maximum absolute atomic E-state index is 13.4. The summed E-state index contributed by atoms with van der Waals surface area (Å²) in [6.45, 7) is 0.669. The molecule has 1 saturated heterocycles. The van der Waals surface area contributed by atoms with E-state index in [1.807, 2.05) is 0 Å². The second kappa shape index (κ2) is 4.52. The number of hydrogen-bond acceptors (Lipinski definition) is 5. The molecule has 6 nitrogen and oxygen atoms in total. The summed E-state index contributed by atoms with van der Waals surface area (Å²) in [6, 6.07) is -0.408. The maximum atomic E-state index is 13.4. The van der Waals surface area contributed by atoms with Crippen molar-refractivity contribution in [3.8, 4) is 0 Å². The van der Waals surface area contributed by atoms with Crippen molar-refractivity contribution < 1.29 is 9.18 Å². The number of nitrogens with zero attached hydrogens (tertiary/aromatic N) is 3. The van der Waals surface area contributed by atoms with Crippen LogP contribution in [0.2, 0.25) is 0 Å². The van der Waals surface area contributed by atoms with Gasteiger partial charge < -0.3 is 15.5 Å². The first kappa shape index (κ1) is 11.6. The van der Waals surface area contributed by atoms with E-state index in [1.165, 1.54) is 0 Å². The summed E-state index contributed by atoms with van der Waals surface area (Å²) < 4.78 is 13.4. The summed E-state index contributed by atoms with van der Waals surface area (Å²) in [5, 5.41) is 5.52. The van der Waals surface area contributed by atoms with Crippen molar-refractivity contribution in [3.63, 3.8) is 0 Å². The van der Waals surface area contributed by atoms with Gasteiger partial charge >= 0.3 is 0 Å².